The molecule has 0 aliphatic carbocycles. The van der Waals surface area contributed by atoms with Crippen molar-refractivity contribution in [1.82, 2.24) is 0 Å². The number of hydrogen-bond acceptors (Lipinski definition) is 5. The summed E-state index contributed by atoms with van der Waals surface area (Å²) in [6.45, 7) is 2.13. The van der Waals surface area contributed by atoms with Gasteiger partial charge in [0.25, 0.3) is 5.69 Å². The van der Waals surface area contributed by atoms with Gasteiger partial charge in [-0.25, -0.2) is 0 Å². The lowest BCUT2D eigenvalue weighted by Gasteiger charge is -2.14. The van der Waals surface area contributed by atoms with E-state index in [4.69, 9.17) is 14.2 Å². The molecule has 1 unspecified atom stereocenters. The summed E-state index contributed by atoms with van der Waals surface area (Å²) >= 11 is 3.22. The Hall–Kier alpha value is -1.34. The highest BCUT2D eigenvalue weighted by atomic mass is 79.9. The van der Waals surface area contributed by atoms with Crippen LogP contribution >= 0.6 is 15.9 Å². The maximum Gasteiger partial charge on any atom is 0.277 e. The number of nitrogens with zero attached hydrogens (tertiary/aromatic N) is 1. The first-order chi connectivity index (χ1) is 9.03. The number of benzene rings is 1. The van der Waals surface area contributed by atoms with Gasteiger partial charge in [0.2, 0.25) is 0 Å². The molecule has 0 heterocycles. The molecule has 1 aromatic rings. The lowest BCUT2D eigenvalue weighted by atomic mass is 10.2. The van der Waals surface area contributed by atoms with Crippen molar-refractivity contribution in [3.63, 3.8) is 0 Å². The van der Waals surface area contributed by atoms with Crippen molar-refractivity contribution in [3.05, 3.63) is 27.8 Å². The van der Waals surface area contributed by atoms with Gasteiger partial charge >= 0.3 is 0 Å². The van der Waals surface area contributed by atoms with Crippen LogP contribution in [0.1, 0.15) is 12.5 Å². The quantitative estimate of drug-likeness (QED) is 0.436. The maximum absolute atomic E-state index is 11.0. The van der Waals surface area contributed by atoms with Gasteiger partial charge in [0.15, 0.2) is 11.5 Å². The molecular weight excluding hydrogens is 318 g/mol. The normalized spacial score (nSPS) is 12.0. The molecule has 0 bridgehead atoms. The third-order valence-corrected chi connectivity index (χ3v) is 3.19. The number of methoxy groups -OCH3 is 2. The number of nitro benzene ring substituents is 1. The molecule has 0 aliphatic rings. The topological polar surface area (TPSA) is 70.8 Å². The van der Waals surface area contributed by atoms with Crippen LogP contribution in [0.2, 0.25) is 0 Å². The van der Waals surface area contributed by atoms with E-state index in [2.05, 4.69) is 15.9 Å². The summed E-state index contributed by atoms with van der Waals surface area (Å²) in [6, 6.07) is 2.97. The lowest BCUT2D eigenvalue weighted by Crippen LogP contribution is -2.16. The first-order valence-electron chi connectivity index (χ1n) is 5.60. The third-order valence-electron chi connectivity index (χ3n) is 2.58. The minimum absolute atomic E-state index is 0.00209. The van der Waals surface area contributed by atoms with Crippen LogP contribution in [0.5, 0.6) is 11.5 Å². The Balaban J connectivity index is 3.07. The number of nitro groups is 1. The third kappa shape index (κ3) is 4.07. The zero-order valence-electron chi connectivity index (χ0n) is 11.0. The van der Waals surface area contributed by atoms with Gasteiger partial charge in [-0.15, -0.1) is 0 Å². The van der Waals surface area contributed by atoms with Crippen LogP contribution in [-0.2, 0) is 10.1 Å². The van der Waals surface area contributed by atoms with Crippen LogP contribution in [0.15, 0.2) is 12.1 Å². The van der Waals surface area contributed by atoms with E-state index < -0.39 is 4.92 Å². The highest BCUT2D eigenvalue weighted by molar-refractivity contribution is 9.08. The van der Waals surface area contributed by atoms with Gasteiger partial charge in [-0.1, -0.05) is 15.9 Å². The monoisotopic (exact) mass is 333 g/mol. The second-order valence-corrected chi connectivity index (χ2v) is 4.44. The standard InChI is InChI=1S/C12H16BrNO5/c1-8(17-2)7-19-12-5-10(14(15)16)9(6-13)4-11(12)18-3/h4-5,8H,6-7H2,1-3H3. The summed E-state index contributed by atoms with van der Waals surface area (Å²) in [4.78, 5) is 10.5. The van der Waals surface area contributed by atoms with Crippen molar-refractivity contribution in [2.75, 3.05) is 20.8 Å². The molecule has 0 amide bonds. The zero-order valence-corrected chi connectivity index (χ0v) is 12.6. The fraction of sp³-hybridized carbons (Fsp3) is 0.500. The largest absolute Gasteiger partial charge is 0.493 e. The number of hydrogen-bond donors (Lipinski definition) is 0. The number of rotatable bonds is 7. The molecule has 1 aromatic carbocycles. The van der Waals surface area contributed by atoms with E-state index in [1.165, 1.54) is 13.2 Å². The molecule has 0 aromatic heterocycles. The van der Waals surface area contributed by atoms with Crippen LogP contribution < -0.4 is 9.47 Å². The molecule has 6 nitrogen and oxygen atoms in total. The average molecular weight is 334 g/mol. The van der Waals surface area contributed by atoms with Gasteiger partial charge in [-0.2, -0.15) is 0 Å². The van der Waals surface area contributed by atoms with Gasteiger partial charge in [-0.3, -0.25) is 10.1 Å². The predicted molar refractivity (Wildman–Crippen MR) is 74.2 cm³/mol. The number of ether oxygens (including phenoxy) is 3. The van der Waals surface area contributed by atoms with Gasteiger partial charge < -0.3 is 14.2 Å². The Bertz CT molecular complexity index is 452. The molecule has 7 heteroatoms. The zero-order chi connectivity index (χ0) is 14.4. The van der Waals surface area contributed by atoms with Crippen molar-refractivity contribution in [1.29, 1.82) is 0 Å². The molecule has 1 atom stereocenters. The van der Waals surface area contributed by atoms with Gasteiger partial charge in [-0.05, 0) is 13.0 Å². The molecule has 0 spiro atoms. The molecule has 0 aliphatic heterocycles. The SMILES string of the molecule is COc1cc(CBr)c([N+](=O)[O-])cc1OCC(C)OC. The molecule has 0 saturated carbocycles. The van der Waals surface area contributed by atoms with E-state index in [1.807, 2.05) is 6.92 Å². The van der Waals surface area contributed by atoms with Crippen LogP contribution in [0, 0.1) is 10.1 Å². The van der Waals surface area contributed by atoms with E-state index in [0.717, 1.165) is 0 Å². The summed E-state index contributed by atoms with van der Waals surface area (Å²) in [5.41, 5.74) is 0.534. The van der Waals surface area contributed by atoms with E-state index in [9.17, 15) is 10.1 Å². The summed E-state index contributed by atoms with van der Waals surface area (Å²) in [5.74, 6) is 0.797. The predicted octanol–water partition coefficient (Wildman–Crippen LogP) is 2.91. The van der Waals surface area contributed by atoms with Crippen LogP contribution in [-0.4, -0.2) is 31.9 Å². The summed E-state index contributed by atoms with van der Waals surface area (Å²) in [6.07, 6.45) is -0.111. The molecule has 106 valence electrons. The Kier molecular flexibility index (Phi) is 6.04. The summed E-state index contributed by atoms with van der Waals surface area (Å²) in [5, 5.41) is 11.4. The molecule has 0 radical (unpaired) electrons. The van der Waals surface area contributed by atoms with Crippen LogP contribution in [0.25, 0.3) is 0 Å². The van der Waals surface area contributed by atoms with Crippen molar-refractivity contribution in [3.8, 4) is 11.5 Å². The van der Waals surface area contributed by atoms with Crippen molar-refractivity contribution < 1.29 is 19.1 Å². The highest BCUT2D eigenvalue weighted by Gasteiger charge is 2.19. The van der Waals surface area contributed by atoms with Crippen molar-refractivity contribution >= 4 is 21.6 Å². The van der Waals surface area contributed by atoms with E-state index in [-0.39, 0.29) is 18.4 Å². The van der Waals surface area contributed by atoms with Gasteiger partial charge in [0.1, 0.15) is 6.61 Å². The summed E-state index contributed by atoms with van der Waals surface area (Å²) < 4.78 is 15.7. The first kappa shape index (κ1) is 15.7. The maximum atomic E-state index is 11.0. The molecule has 0 N–H and O–H groups in total. The molecule has 0 fully saturated rings. The second-order valence-electron chi connectivity index (χ2n) is 3.88. The van der Waals surface area contributed by atoms with Gasteiger partial charge in [0, 0.05) is 18.0 Å². The fourth-order valence-corrected chi connectivity index (χ4v) is 1.86. The number of halogens is 1. The Labute approximate surface area is 119 Å². The van der Waals surface area contributed by atoms with E-state index in [0.29, 0.717) is 22.4 Å². The van der Waals surface area contributed by atoms with Gasteiger partial charge in [0.05, 0.1) is 24.2 Å². The second kappa shape index (κ2) is 7.30. The summed E-state index contributed by atoms with van der Waals surface area (Å²) in [7, 11) is 3.06. The molecule has 0 saturated heterocycles. The van der Waals surface area contributed by atoms with Crippen LogP contribution in [0.3, 0.4) is 0 Å². The average Bonchev–Trinajstić information content (AvgIpc) is 2.43. The minimum Gasteiger partial charge on any atom is -0.493 e. The Morgan fingerprint density at radius 3 is 2.53 bits per heavy atom. The van der Waals surface area contributed by atoms with E-state index >= 15 is 0 Å². The van der Waals surface area contributed by atoms with Crippen LogP contribution in [0.4, 0.5) is 5.69 Å². The minimum atomic E-state index is -0.442. The Morgan fingerprint density at radius 2 is 2.05 bits per heavy atom. The Morgan fingerprint density at radius 1 is 1.37 bits per heavy atom. The smallest absolute Gasteiger partial charge is 0.277 e. The van der Waals surface area contributed by atoms with Crippen molar-refractivity contribution in [2.24, 2.45) is 0 Å². The fourth-order valence-electron chi connectivity index (χ4n) is 1.42. The highest BCUT2D eigenvalue weighted by Crippen LogP contribution is 2.35. The lowest BCUT2D eigenvalue weighted by molar-refractivity contribution is -0.385. The molecule has 1 rings (SSSR count). The van der Waals surface area contributed by atoms with E-state index in [1.54, 1.807) is 13.2 Å². The molecule has 19 heavy (non-hydrogen) atoms. The first-order valence-corrected chi connectivity index (χ1v) is 6.72. The van der Waals surface area contributed by atoms with Crippen molar-refractivity contribution in [2.45, 2.75) is 18.4 Å². The molecular formula is C12H16BrNO5. The number of alkyl halides is 1.